The molecule has 0 bridgehead atoms. The van der Waals surface area contributed by atoms with Gasteiger partial charge in [-0.05, 0) is 36.6 Å². The second-order valence-corrected chi connectivity index (χ2v) is 5.98. The summed E-state index contributed by atoms with van der Waals surface area (Å²) in [7, 11) is 0. The quantitative estimate of drug-likeness (QED) is 0.888. The highest BCUT2D eigenvalue weighted by Crippen LogP contribution is 2.24. The van der Waals surface area contributed by atoms with Crippen molar-refractivity contribution in [2.24, 2.45) is 0 Å². The van der Waals surface area contributed by atoms with Gasteiger partial charge >= 0.3 is 5.97 Å². The molecule has 0 aliphatic carbocycles. The molecule has 4 nitrogen and oxygen atoms in total. The van der Waals surface area contributed by atoms with E-state index in [4.69, 9.17) is 5.11 Å². The van der Waals surface area contributed by atoms with Crippen LogP contribution in [0.2, 0.25) is 0 Å². The molecule has 0 spiro atoms. The Labute approximate surface area is 127 Å². The van der Waals surface area contributed by atoms with E-state index in [9.17, 15) is 9.59 Å². The molecular weight excluding hydrogens is 286 g/mol. The monoisotopic (exact) mass is 303 g/mol. The molecule has 1 aromatic carbocycles. The van der Waals surface area contributed by atoms with E-state index in [0.29, 0.717) is 16.1 Å². The number of aliphatic carboxylic acids is 1. The van der Waals surface area contributed by atoms with Crippen molar-refractivity contribution in [1.82, 2.24) is 0 Å². The molecule has 0 atom stereocenters. The molecule has 2 rings (SSSR count). The number of carbonyl (C=O) groups is 2. The van der Waals surface area contributed by atoms with Gasteiger partial charge in [0.15, 0.2) is 0 Å². The Hall–Kier alpha value is -2.14. The number of rotatable bonds is 5. The smallest absolute Gasteiger partial charge is 0.307 e. The second-order valence-electron chi connectivity index (χ2n) is 4.73. The van der Waals surface area contributed by atoms with Gasteiger partial charge in [0.05, 0.1) is 11.3 Å². The molecule has 0 aliphatic rings. The van der Waals surface area contributed by atoms with Gasteiger partial charge in [-0.1, -0.05) is 25.1 Å². The molecule has 110 valence electrons. The first-order valence-electron chi connectivity index (χ1n) is 6.71. The van der Waals surface area contributed by atoms with E-state index in [1.54, 1.807) is 24.3 Å². The first kappa shape index (κ1) is 15.3. The van der Waals surface area contributed by atoms with E-state index >= 15 is 0 Å². The van der Waals surface area contributed by atoms with E-state index in [0.717, 1.165) is 11.3 Å². The zero-order valence-corrected chi connectivity index (χ0v) is 12.8. The number of hydrogen-bond acceptors (Lipinski definition) is 3. The van der Waals surface area contributed by atoms with Gasteiger partial charge in [0.2, 0.25) is 0 Å². The number of nitrogens with one attached hydrogen (secondary N) is 1. The van der Waals surface area contributed by atoms with Crippen molar-refractivity contribution in [2.45, 2.75) is 26.7 Å². The number of amides is 1. The average molecular weight is 303 g/mol. The van der Waals surface area contributed by atoms with Gasteiger partial charge in [-0.15, -0.1) is 11.3 Å². The van der Waals surface area contributed by atoms with Gasteiger partial charge in [-0.2, -0.15) is 0 Å². The Morgan fingerprint density at radius 3 is 2.57 bits per heavy atom. The number of para-hydroxylation sites is 1. The van der Waals surface area contributed by atoms with Crippen LogP contribution in [0.5, 0.6) is 0 Å². The maximum absolute atomic E-state index is 12.3. The summed E-state index contributed by atoms with van der Waals surface area (Å²) in [6.45, 7) is 4.05. The molecule has 0 radical (unpaired) electrons. The molecule has 1 aromatic heterocycles. The largest absolute Gasteiger partial charge is 0.481 e. The maximum atomic E-state index is 12.3. The van der Waals surface area contributed by atoms with Crippen molar-refractivity contribution in [3.8, 4) is 0 Å². The molecule has 1 amide bonds. The summed E-state index contributed by atoms with van der Waals surface area (Å²) in [6.07, 6.45) is 0.783. The highest BCUT2D eigenvalue weighted by atomic mass is 32.1. The fraction of sp³-hybridized carbons (Fsp3) is 0.250. The number of anilines is 1. The molecule has 1 heterocycles. The van der Waals surface area contributed by atoms with E-state index in [2.05, 4.69) is 12.2 Å². The molecule has 2 N–H and O–H groups in total. The minimum Gasteiger partial charge on any atom is -0.481 e. The molecule has 0 fully saturated rings. The zero-order valence-electron chi connectivity index (χ0n) is 12.0. The number of carboxylic acids is 1. The summed E-state index contributed by atoms with van der Waals surface area (Å²) in [5, 5.41) is 11.7. The van der Waals surface area contributed by atoms with Gasteiger partial charge in [-0.25, -0.2) is 0 Å². The van der Waals surface area contributed by atoms with Gasteiger partial charge < -0.3 is 10.4 Å². The minimum atomic E-state index is -0.920. The lowest BCUT2D eigenvalue weighted by Crippen LogP contribution is -2.13. The van der Waals surface area contributed by atoms with Crippen LogP contribution < -0.4 is 5.32 Å². The summed E-state index contributed by atoms with van der Waals surface area (Å²) in [5.74, 6) is -1.11. The van der Waals surface area contributed by atoms with Crippen LogP contribution in [0.4, 0.5) is 5.69 Å². The summed E-state index contributed by atoms with van der Waals surface area (Å²) in [4.78, 5) is 24.9. The van der Waals surface area contributed by atoms with E-state index in [-0.39, 0.29) is 12.3 Å². The Kier molecular flexibility index (Phi) is 4.75. The SMILES string of the molecule is CCc1cc(C(=O)Nc2ccccc2CC(=O)O)sc1C. The maximum Gasteiger partial charge on any atom is 0.307 e. The lowest BCUT2D eigenvalue weighted by molar-refractivity contribution is -0.136. The number of thiophene rings is 1. The second kappa shape index (κ2) is 6.54. The molecule has 0 unspecified atom stereocenters. The molecule has 2 aromatic rings. The average Bonchev–Trinajstić information content (AvgIpc) is 2.81. The molecular formula is C16H17NO3S. The Morgan fingerprint density at radius 2 is 1.95 bits per heavy atom. The van der Waals surface area contributed by atoms with Crippen LogP contribution in [0, 0.1) is 6.92 Å². The first-order valence-corrected chi connectivity index (χ1v) is 7.53. The molecule has 21 heavy (non-hydrogen) atoms. The van der Waals surface area contributed by atoms with Crippen LogP contribution in [0.25, 0.3) is 0 Å². The van der Waals surface area contributed by atoms with Crippen LogP contribution in [-0.2, 0) is 17.6 Å². The fourth-order valence-corrected chi connectivity index (χ4v) is 3.14. The minimum absolute atomic E-state index is 0.111. The predicted molar refractivity (Wildman–Crippen MR) is 84.2 cm³/mol. The number of carboxylic acid groups (broad SMARTS) is 1. The lowest BCUT2D eigenvalue weighted by atomic mass is 10.1. The van der Waals surface area contributed by atoms with Crippen LogP contribution >= 0.6 is 11.3 Å². The van der Waals surface area contributed by atoms with Gasteiger partial charge in [0.25, 0.3) is 5.91 Å². The molecule has 0 saturated heterocycles. The third kappa shape index (κ3) is 3.70. The van der Waals surface area contributed by atoms with Crippen molar-refractivity contribution >= 4 is 28.9 Å². The summed E-state index contributed by atoms with van der Waals surface area (Å²) in [5.41, 5.74) is 2.32. The van der Waals surface area contributed by atoms with Crippen molar-refractivity contribution < 1.29 is 14.7 Å². The normalized spacial score (nSPS) is 10.4. The van der Waals surface area contributed by atoms with Gasteiger partial charge in [-0.3, -0.25) is 9.59 Å². The van der Waals surface area contributed by atoms with E-state index in [1.165, 1.54) is 16.9 Å². The Balaban J connectivity index is 2.21. The summed E-state index contributed by atoms with van der Waals surface area (Å²) < 4.78 is 0. The van der Waals surface area contributed by atoms with Crippen molar-refractivity contribution in [2.75, 3.05) is 5.32 Å². The highest BCUT2D eigenvalue weighted by Gasteiger charge is 2.14. The van der Waals surface area contributed by atoms with E-state index in [1.807, 2.05) is 13.0 Å². The van der Waals surface area contributed by atoms with Crippen LogP contribution in [0.1, 0.15) is 32.6 Å². The fourth-order valence-electron chi connectivity index (χ4n) is 2.13. The number of benzene rings is 1. The third-order valence-corrected chi connectivity index (χ3v) is 4.32. The van der Waals surface area contributed by atoms with Crippen LogP contribution in [-0.4, -0.2) is 17.0 Å². The van der Waals surface area contributed by atoms with Crippen molar-refractivity contribution in [3.05, 3.63) is 51.2 Å². The topological polar surface area (TPSA) is 66.4 Å². The lowest BCUT2D eigenvalue weighted by Gasteiger charge is -2.08. The summed E-state index contributed by atoms with van der Waals surface area (Å²) in [6, 6.07) is 8.86. The van der Waals surface area contributed by atoms with E-state index < -0.39 is 5.97 Å². The third-order valence-electron chi connectivity index (χ3n) is 3.23. The molecule has 5 heteroatoms. The highest BCUT2D eigenvalue weighted by molar-refractivity contribution is 7.14. The van der Waals surface area contributed by atoms with Crippen molar-refractivity contribution in [3.63, 3.8) is 0 Å². The Bertz CT molecular complexity index is 676. The van der Waals surface area contributed by atoms with Crippen LogP contribution in [0.3, 0.4) is 0 Å². The number of aryl methyl sites for hydroxylation is 2. The Morgan fingerprint density at radius 1 is 1.24 bits per heavy atom. The van der Waals surface area contributed by atoms with Gasteiger partial charge in [0, 0.05) is 10.6 Å². The molecule has 0 aliphatic heterocycles. The summed E-state index contributed by atoms with van der Waals surface area (Å²) >= 11 is 1.46. The van der Waals surface area contributed by atoms with Crippen molar-refractivity contribution in [1.29, 1.82) is 0 Å². The number of hydrogen-bond donors (Lipinski definition) is 2. The molecule has 0 saturated carbocycles. The predicted octanol–water partition coefficient (Wildman–Crippen LogP) is 3.50. The standard InChI is InChI=1S/C16H17NO3S/c1-3-11-8-14(21-10(11)2)16(20)17-13-7-5-4-6-12(13)9-15(18)19/h4-8H,3,9H2,1-2H3,(H,17,20)(H,18,19). The zero-order chi connectivity index (χ0) is 15.4. The van der Waals surface area contributed by atoms with Gasteiger partial charge in [0.1, 0.15) is 0 Å². The number of carbonyl (C=O) groups excluding carboxylic acids is 1. The van der Waals surface area contributed by atoms with Crippen LogP contribution in [0.15, 0.2) is 30.3 Å². The first-order chi connectivity index (χ1) is 10.0.